The number of rotatable bonds is 3. The second-order valence-electron chi connectivity index (χ2n) is 4.07. The first-order valence-corrected chi connectivity index (χ1v) is 5.51. The highest BCUT2D eigenvalue weighted by Gasteiger charge is 2.06. The Balaban J connectivity index is 2.89. The van der Waals surface area contributed by atoms with Crippen molar-refractivity contribution in [3.63, 3.8) is 0 Å². The monoisotopic (exact) mass is 200 g/mol. The zero-order valence-electron chi connectivity index (χ0n) is 10.1. The maximum atomic E-state index is 2.26. The summed E-state index contributed by atoms with van der Waals surface area (Å²) in [6.45, 7) is 8.62. The Labute approximate surface area is 93.3 Å². The number of hydrogen-bond donors (Lipinski definition) is 0. The van der Waals surface area contributed by atoms with Crippen molar-refractivity contribution in [1.29, 1.82) is 0 Å². The molecule has 80 valence electrons. The van der Waals surface area contributed by atoms with Crippen LogP contribution in [0.1, 0.15) is 37.8 Å². The van der Waals surface area contributed by atoms with Crippen molar-refractivity contribution in [1.82, 2.24) is 0 Å². The van der Waals surface area contributed by atoms with Crippen LogP contribution in [-0.2, 0) is 0 Å². The number of benzene rings is 1. The van der Waals surface area contributed by atoms with Crippen LogP contribution in [0.5, 0.6) is 0 Å². The summed E-state index contributed by atoms with van der Waals surface area (Å²) in [5.41, 5.74) is 4.13. The lowest BCUT2D eigenvalue weighted by atomic mass is 9.92. The highest BCUT2D eigenvalue weighted by molar-refractivity contribution is 5.31. The lowest BCUT2D eigenvalue weighted by Crippen LogP contribution is -1.95. The molecule has 0 aromatic heterocycles. The first-order chi connectivity index (χ1) is 7.15. The predicted molar refractivity (Wildman–Crippen MR) is 68.2 cm³/mol. The van der Waals surface area contributed by atoms with Gasteiger partial charge in [-0.15, -0.1) is 0 Å². The predicted octanol–water partition coefficient (Wildman–Crippen LogP) is 4.62. The standard InChI is InChI=1S/C15H20/c1-5-6-9-13(3)14(4)15-10-7-8-12(2)11-15/h5-11,14H,1-4H3/b6-5-,13-9+. The van der Waals surface area contributed by atoms with Gasteiger partial charge in [-0.1, -0.05) is 60.6 Å². The van der Waals surface area contributed by atoms with E-state index in [9.17, 15) is 0 Å². The molecule has 0 heterocycles. The van der Waals surface area contributed by atoms with E-state index in [0.717, 1.165) is 0 Å². The summed E-state index contributed by atoms with van der Waals surface area (Å²) in [5, 5.41) is 0. The summed E-state index contributed by atoms with van der Waals surface area (Å²) in [7, 11) is 0. The second-order valence-corrected chi connectivity index (χ2v) is 4.07. The number of aryl methyl sites for hydroxylation is 1. The minimum absolute atomic E-state index is 0.501. The van der Waals surface area contributed by atoms with Gasteiger partial charge in [-0.2, -0.15) is 0 Å². The van der Waals surface area contributed by atoms with Gasteiger partial charge in [0.05, 0.1) is 0 Å². The number of allylic oxidation sites excluding steroid dienone is 4. The Morgan fingerprint density at radius 1 is 1.33 bits per heavy atom. The quantitative estimate of drug-likeness (QED) is 0.624. The van der Waals surface area contributed by atoms with Crippen LogP contribution in [0.4, 0.5) is 0 Å². The van der Waals surface area contributed by atoms with Gasteiger partial charge in [0.1, 0.15) is 0 Å². The van der Waals surface area contributed by atoms with Crippen molar-refractivity contribution < 1.29 is 0 Å². The molecule has 1 aromatic rings. The molecule has 0 nitrogen and oxygen atoms in total. The van der Waals surface area contributed by atoms with E-state index in [1.54, 1.807) is 0 Å². The molecule has 0 spiro atoms. The summed E-state index contributed by atoms with van der Waals surface area (Å²) < 4.78 is 0. The molecular formula is C15H20. The average Bonchev–Trinajstić information content (AvgIpc) is 2.24. The van der Waals surface area contributed by atoms with Gasteiger partial charge < -0.3 is 0 Å². The SMILES string of the molecule is C/C=C\C=C(/C)C(C)c1cccc(C)c1. The number of hydrogen-bond acceptors (Lipinski definition) is 0. The minimum atomic E-state index is 0.501. The van der Waals surface area contributed by atoms with Gasteiger partial charge in [-0.05, 0) is 26.3 Å². The van der Waals surface area contributed by atoms with Gasteiger partial charge in [-0.25, -0.2) is 0 Å². The molecule has 0 fully saturated rings. The normalized spacial score (nSPS) is 14.5. The van der Waals surface area contributed by atoms with Crippen LogP contribution in [0, 0.1) is 6.92 Å². The van der Waals surface area contributed by atoms with E-state index in [2.05, 4.69) is 63.3 Å². The molecule has 0 heteroatoms. The van der Waals surface area contributed by atoms with E-state index in [1.807, 2.05) is 6.92 Å². The lowest BCUT2D eigenvalue weighted by molar-refractivity contribution is 0.892. The fourth-order valence-electron chi connectivity index (χ4n) is 1.59. The van der Waals surface area contributed by atoms with Crippen LogP contribution < -0.4 is 0 Å². The van der Waals surface area contributed by atoms with Crippen LogP contribution in [0.15, 0.2) is 48.1 Å². The second kappa shape index (κ2) is 5.55. The third kappa shape index (κ3) is 3.39. The third-order valence-electron chi connectivity index (χ3n) is 2.78. The molecule has 0 N–H and O–H groups in total. The van der Waals surface area contributed by atoms with Crippen LogP contribution in [-0.4, -0.2) is 0 Å². The Bertz CT molecular complexity index is 369. The first kappa shape index (κ1) is 11.8. The maximum Gasteiger partial charge on any atom is 0.00202 e. The molecule has 0 aliphatic carbocycles. The van der Waals surface area contributed by atoms with Crippen LogP contribution >= 0.6 is 0 Å². The van der Waals surface area contributed by atoms with Gasteiger partial charge in [0, 0.05) is 5.92 Å². The molecule has 15 heavy (non-hydrogen) atoms. The van der Waals surface area contributed by atoms with Gasteiger partial charge in [0.25, 0.3) is 0 Å². The van der Waals surface area contributed by atoms with Gasteiger partial charge in [-0.3, -0.25) is 0 Å². The zero-order valence-corrected chi connectivity index (χ0v) is 10.1. The van der Waals surface area contributed by atoms with Crippen LogP contribution in [0.25, 0.3) is 0 Å². The molecule has 0 aliphatic heterocycles. The van der Waals surface area contributed by atoms with Crippen molar-refractivity contribution in [3.05, 3.63) is 59.2 Å². The van der Waals surface area contributed by atoms with Crippen LogP contribution in [0.3, 0.4) is 0 Å². The fourth-order valence-corrected chi connectivity index (χ4v) is 1.59. The Hall–Kier alpha value is -1.30. The molecular weight excluding hydrogens is 180 g/mol. The van der Waals surface area contributed by atoms with E-state index < -0.39 is 0 Å². The summed E-state index contributed by atoms with van der Waals surface area (Å²) in [4.78, 5) is 0. The van der Waals surface area contributed by atoms with Crippen molar-refractivity contribution in [3.8, 4) is 0 Å². The molecule has 1 unspecified atom stereocenters. The van der Waals surface area contributed by atoms with E-state index in [-0.39, 0.29) is 0 Å². The Morgan fingerprint density at radius 2 is 2.07 bits per heavy atom. The Morgan fingerprint density at radius 3 is 2.67 bits per heavy atom. The molecule has 0 amide bonds. The topological polar surface area (TPSA) is 0 Å². The van der Waals surface area contributed by atoms with Crippen molar-refractivity contribution in [2.24, 2.45) is 0 Å². The first-order valence-electron chi connectivity index (χ1n) is 5.51. The molecule has 1 atom stereocenters. The van der Waals surface area contributed by atoms with Crippen molar-refractivity contribution in [2.45, 2.75) is 33.6 Å². The van der Waals surface area contributed by atoms with Crippen molar-refractivity contribution >= 4 is 0 Å². The average molecular weight is 200 g/mol. The molecule has 0 aliphatic rings. The lowest BCUT2D eigenvalue weighted by Gasteiger charge is -2.12. The summed E-state index contributed by atoms with van der Waals surface area (Å²) in [6, 6.07) is 8.73. The summed E-state index contributed by atoms with van der Waals surface area (Å²) in [6.07, 6.45) is 6.35. The van der Waals surface area contributed by atoms with E-state index >= 15 is 0 Å². The zero-order chi connectivity index (χ0) is 11.3. The summed E-state index contributed by atoms with van der Waals surface area (Å²) in [5.74, 6) is 0.501. The molecule has 1 rings (SSSR count). The largest absolute Gasteiger partial charge is 0.0877 e. The van der Waals surface area contributed by atoms with Crippen LogP contribution in [0.2, 0.25) is 0 Å². The molecule has 0 radical (unpaired) electrons. The van der Waals surface area contributed by atoms with Gasteiger partial charge >= 0.3 is 0 Å². The van der Waals surface area contributed by atoms with E-state index in [1.165, 1.54) is 16.7 Å². The van der Waals surface area contributed by atoms with E-state index in [4.69, 9.17) is 0 Å². The van der Waals surface area contributed by atoms with Gasteiger partial charge in [0.15, 0.2) is 0 Å². The van der Waals surface area contributed by atoms with Gasteiger partial charge in [0.2, 0.25) is 0 Å². The molecule has 0 bridgehead atoms. The van der Waals surface area contributed by atoms with Crippen molar-refractivity contribution in [2.75, 3.05) is 0 Å². The molecule has 0 saturated heterocycles. The minimum Gasteiger partial charge on any atom is -0.0877 e. The highest BCUT2D eigenvalue weighted by atomic mass is 14.1. The molecule has 0 saturated carbocycles. The maximum absolute atomic E-state index is 2.26. The molecule has 1 aromatic carbocycles. The smallest absolute Gasteiger partial charge is 0.00202 e. The highest BCUT2D eigenvalue weighted by Crippen LogP contribution is 2.23. The fraction of sp³-hybridized carbons (Fsp3) is 0.333. The Kier molecular flexibility index (Phi) is 4.36. The third-order valence-corrected chi connectivity index (χ3v) is 2.78. The van der Waals surface area contributed by atoms with E-state index in [0.29, 0.717) is 5.92 Å². The summed E-state index contributed by atoms with van der Waals surface area (Å²) >= 11 is 0.